The number of carbonyl (C=O) groups is 1. The lowest BCUT2D eigenvalue weighted by Gasteiger charge is -2.11. The molecule has 0 bridgehead atoms. The molecule has 30 heavy (non-hydrogen) atoms. The molecule has 1 amide bonds. The first-order chi connectivity index (χ1) is 14.6. The minimum atomic E-state index is -0.0810. The van der Waals surface area contributed by atoms with Crippen LogP contribution in [0.4, 0.5) is 0 Å². The van der Waals surface area contributed by atoms with Crippen LogP contribution < -0.4 is 5.32 Å². The van der Waals surface area contributed by atoms with Gasteiger partial charge in [-0.05, 0) is 46.2 Å². The predicted octanol–water partition coefficient (Wildman–Crippen LogP) is 5.44. The molecule has 4 aromatic rings. The van der Waals surface area contributed by atoms with Crippen molar-refractivity contribution >= 4 is 33.9 Å². The number of aromatic nitrogens is 1. The van der Waals surface area contributed by atoms with Gasteiger partial charge < -0.3 is 5.32 Å². The molecule has 0 radical (unpaired) electrons. The summed E-state index contributed by atoms with van der Waals surface area (Å²) in [6.45, 7) is 2.10. The Bertz CT molecular complexity index is 1200. The second kappa shape index (κ2) is 8.97. The fourth-order valence-electron chi connectivity index (χ4n) is 3.60. The summed E-state index contributed by atoms with van der Waals surface area (Å²) in [6, 6.07) is 24.4. The van der Waals surface area contributed by atoms with Gasteiger partial charge in [-0.25, -0.2) is 0 Å². The van der Waals surface area contributed by atoms with Crippen LogP contribution in [-0.4, -0.2) is 15.9 Å². The minimum Gasteiger partial charge on any atom is -0.320 e. The maximum absolute atomic E-state index is 12.2. The van der Waals surface area contributed by atoms with Crippen LogP contribution >= 0.6 is 12.2 Å². The number of nitrogens with zero attached hydrogens (tertiary/aromatic N) is 1. The van der Waals surface area contributed by atoms with Crippen molar-refractivity contribution in [3.63, 3.8) is 0 Å². The van der Waals surface area contributed by atoms with Crippen LogP contribution in [0.1, 0.15) is 16.7 Å². The van der Waals surface area contributed by atoms with Gasteiger partial charge in [-0.15, -0.1) is 0 Å². The number of hydrogen-bond acceptors (Lipinski definition) is 3. The Balaban J connectivity index is 1.44. The molecule has 3 aromatic carbocycles. The molecule has 0 unspecified atom stereocenters. The molecular weight excluding hydrogens is 388 g/mol. The van der Waals surface area contributed by atoms with E-state index in [0.29, 0.717) is 17.8 Å². The molecule has 148 valence electrons. The van der Waals surface area contributed by atoms with E-state index in [1.165, 1.54) is 21.9 Å². The number of amides is 1. The maximum Gasteiger partial charge on any atom is 0.229 e. The van der Waals surface area contributed by atoms with Crippen LogP contribution in [0.3, 0.4) is 0 Å². The van der Waals surface area contributed by atoms with Gasteiger partial charge >= 0.3 is 0 Å². The quantitative estimate of drug-likeness (QED) is 0.446. The fraction of sp³-hybridized carbons (Fsp3) is 0.115. The zero-order valence-electron chi connectivity index (χ0n) is 16.8. The normalized spacial score (nSPS) is 10.7. The zero-order valence-corrected chi connectivity index (χ0v) is 17.6. The summed E-state index contributed by atoms with van der Waals surface area (Å²) in [6.07, 6.45) is 4.61. The average molecular weight is 411 g/mol. The van der Waals surface area contributed by atoms with E-state index in [4.69, 9.17) is 12.2 Å². The molecule has 0 saturated carbocycles. The first-order valence-electron chi connectivity index (χ1n) is 9.89. The zero-order chi connectivity index (χ0) is 20.9. The Kier molecular flexibility index (Phi) is 5.96. The third kappa shape index (κ3) is 4.61. The van der Waals surface area contributed by atoms with E-state index in [-0.39, 0.29) is 5.91 Å². The molecule has 1 aromatic heterocycles. The summed E-state index contributed by atoms with van der Waals surface area (Å²) in [4.78, 5) is 17.0. The Labute approximate surface area is 181 Å². The number of hydrogen-bond donors (Lipinski definition) is 1. The smallest absolute Gasteiger partial charge is 0.229 e. The van der Waals surface area contributed by atoms with Crippen LogP contribution in [0, 0.1) is 6.92 Å². The van der Waals surface area contributed by atoms with Crippen LogP contribution in [0.2, 0.25) is 0 Å². The van der Waals surface area contributed by atoms with Crippen molar-refractivity contribution < 1.29 is 4.79 Å². The van der Waals surface area contributed by atoms with Crippen LogP contribution in [-0.2, 0) is 17.6 Å². The summed E-state index contributed by atoms with van der Waals surface area (Å²) >= 11 is 5.39. The van der Waals surface area contributed by atoms with Crippen molar-refractivity contribution in [2.45, 2.75) is 19.8 Å². The molecule has 0 fully saturated rings. The highest BCUT2D eigenvalue weighted by atomic mass is 32.1. The lowest BCUT2D eigenvalue weighted by molar-refractivity contribution is -0.119. The minimum absolute atomic E-state index is 0.0810. The van der Waals surface area contributed by atoms with Gasteiger partial charge in [-0.2, -0.15) is 0 Å². The summed E-state index contributed by atoms with van der Waals surface area (Å²) in [5.41, 5.74) is 5.59. The van der Waals surface area contributed by atoms with Crippen LogP contribution in [0.25, 0.3) is 21.9 Å². The largest absolute Gasteiger partial charge is 0.320 e. The van der Waals surface area contributed by atoms with E-state index in [2.05, 4.69) is 59.7 Å². The molecule has 0 atom stereocenters. The molecular formula is C26H22N2OS. The van der Waals surface area contributed by atoms with Gasteiger partial charge in [0.2, 0.25) is 5.91 Å². The topological polar surface area (TPSA) is 42.0 Å². The van der Waals surface area contributed by atoms with E-state index in [1.807, 2.05) is 42.7 Å². The molecule has 3 nitrogen and oxygen atoms in total. The number of aryl methyl sites for hydroxylation is 1. The Morgan fingerprint density at radius 3 is 2.37 bits per heavy atom. The molecule has 0 saturated heterocycles. The van der Waals surface area contributed by atoms with E-state index < -0.39 is 0 Å². The van der Waals surface area contributed by atoms with Gasteiger partial charge in [0.1, 0.15) is 0 Å². The number of pyridine rings is 1. The second-order valence-corrected chi connectivity index (χ2v) is 7.85. The highest BCUT2D eigenvalue weighted by Gasteiger charge is 2.09. The highest BCUT2D eigenvalue weighted by molar-refractivity contribution is 7.80. The summed E-state index contributed by atoms with van der Waals surface area (Å²) in [5.74, 6) is -0.0810. The molecule has 4 heteroatoms. The van der Waals surface area contributed by atoms with E-state index >= 15 is 0 Å². The van der Waals surface area contributed by atoms with Crippen molar-refractivity contribution in [2.24, 2.45) is 0 Å². The fourth-order valence-corrected chi connectivity index (χ4v) is 3.88. The van der Waals surface area contributed by atoms with Gasteiger partial charge in [-0.1, -0.05) is 78.9 Å². The number of benzene rings is 3. The Morgan fingerprint density at radius 1 is 0.867 bits per heavy atom. The number of rotatable bonds is 5. The van der Waals surface area contributed by atoms with Crippen molar-refractivity contribution in [1.82, 2.24) is 10.3 Å². The van der Waals surface area contributed by atoms with Gasteiger partial charge in [0.15, 0.2) is 0 Å². The summed E-state index contributed by atoms with van der Waals surface area (Å²) in [7, 11) is 0. The van der Waals surface area contributed by atoms with Crippen molar-refractivity contribution in [3.8, 4) is 11.1 Å². The lowest BCUT2D eigenvalue weighted by Crippen LogP contribution is -2.31. The first-order valence-corrected chi connectivity index (χ1v) is 10.3. The van der Waals surface area contributed by atoms with Crippen molar-refractivity contribution in [1.29, 1.82) is 0 Å². The van der Waals surface area contributed by atoms with E-state index in [1.54, 1.807) is 0 Å². The summed E-state index contributed by atoms with van der Waals surface area (Å²) < 4.78 is 0. The monoisotopic (exact) mass is 410 g/mol. The van der Waals surface area contributed by atoms with Gasteiger partial charge in [0.25, 0.3) is 0 Å². The van der Waals surface area contributed by atoms with Crippen LogP contribution in [0.5, 0.6) is 0 Å². The number of nitrogens with one attached hydrogen (secondary N) is 1. The van der Waals surface area contributed by atoms with Crippen LogP contribution in [0.15, 0.2) is 85.2 Å². The standard InChI is InChI=1S/C26H22N2OS/c1-18-7-12-22(23-13-14-27-17-24(18)23)21-10-8-20(9-11-21)16-26(30)28-25(29)15-19-5-3-2-4-6-19/h2-14,17H,15-16H2,1H3,(H,28,29,30). The van der Waals surface area contributed by atoms with E-state index in [0.717, 1.165) is 16.7 Å². The number of carbonyl (C=O) groups excluding carboxylic acids is 1. The molecule has 1 heterocycles. The second-order valence-electron chi connectivity index (χ2n) is 7.36. The van der Waals surface area contributed by atoms with Gasteiger partial charge in [-0.3, -0.25) is 9.78 Å². The Hall–Kier alpha value is -3.37. The van der Waals surface area contributed by atoms with Crippen molar-refractivity contribution in [3.05, 3.63) is 102 Å². The first kappa shape index (κ1) is 19.9. The molecule has 4 rings (SSSR count). The third-order valence-electron chi connectivity index (χ3n) is 5.15. The number of fused-ring (bicyclic) bond motifs is 1. The predicted molar refractivity (Wildman–Crippen MR) is 127 cm³/mol. The third-order valence-corrected chi connectivity index (χ3v) is 5.40. The number of thiocarbonyl (C=S) groups is 1. The average Bonchev–Trinajstić information content (AvgIpc) is 2.75. The molecule has 0 spiro atoms. The molecule has 0 aliphatic rings. The Morgan fingerprint density at radius 2 is 1.60 bits per heavy atom. The van der Waals surface area contributed by atoms with Gasteiger partial charge in [0.05, 0.1) is 11.4 Å². The molecule has 1 N–H and O–H groups in total. The molecule has 0 aliphatic carbocycles. The SMILES string of the molecule is Cc1ccc(-c2ccc(CC(=S)NC(=O)Cc3ccccc3)cc2)c2ccncc12. The van der Waals surface area contributed by atoms with Crippen molar-refractivity contribution in [2.75, 3.05) is 0 Å². The summed E-state index contributed by atoms with van der Waals surface area (Å²) in [5, 5.41) is 5.20. The maximum atomic E-state index is 12.2. The van der Waals surface area contributed by atoms with Gasteiger partial charge in [0, 0.05) is 24.2 Å². The van der Waals surface area contributed by atoms with E-state index in [9.17, 15) is 4.79 Å². The lowest BCUT2D eigenvalue weighted by atomic mass is 9.96. The molecule has 0 aliphatic heterocycles. The highest BCUT2D eigenvalue weighted by Crippen LogP contribution is 2.30.